The van der Waals surface area contributed by atoms with E-state index in [-0.39, 0.29) is 13.2 Å². The summed E-state index contributed by atoms with van der Waals surface area (Å²) in [6, 6.07) is 4.96. The first-order valence-electron chi connectivity index (χ1n) is 11.3. The smallest absolute Gasteiger partial charge is 0.187 e. The van der Waals surface area contributed by atoms with E-state index in [4.69, 9.17) is 33.2 Å². The molecule has 1 unspecified atom stereocenters. The van der Waals surface area contributed by atoms with E-state index < -0.39 is 74.6 Å². The van der Waals surface area contributed by atoms with E-state index in [0.29, 0.717) is 17.2 Å². The van der Waals surface area contributed by atoms with Crippen molar-refractivity contribution in [1.29, 1.82) is 0 Å². The molecule has 2 fully saturated rings. The molecule has 36 heavy (non-hydrogen) atoms. The lowest BCUT2D eigenvalue weighted by atomic mass is 9.97. The Morgan fingerprint density at radius 1 is 0.694 bits per heavy atom. The van der Waals surface area contributed by atoms with Crippen LogP contribution in [0.15, 0.2) is 18.2 Å². The average Bonchev–Trinajstić information content (AvgIpc) is 2.89. The molecule has 1 aromatic rings. The summed E-state index contributed by atoms with van der Waals surface area (Å²) in [5.74, 6) is 1.49. The highest BCUT2D eigenvalue weighted by atomic mass is 16.7. The van der Waals surface area contributed by atoms with E-state index >= 15 is 0 Å². The Morgan fingerprint density at radius 3 is 1.83 bits per heavy atom. The zero-order valence-electron chi connectivity index (χ0n) is 19.8. The van der Waals surface area contributed by atoms with Gasteiger partial charge in [0.2, 0.25) is 0 Å². The Labute approximate surface area is 207 Å². The van der Waals surface area contributed by atoms with E-state index in [1.165, 1.54) is 14.2 Å². The highest BCUT2D eigenvalue weighted by molar-refractivity contribution is 5.41. The molecule has 14 heteroatoms. The molecule has 2 saturated heterocycles. The summed E-state index contributed by atoms with van der Waals surface area (Å²) in [6.45, 7) is -1.31. The zero-order valence-corrected chi connectivity index (χ0v) is 19.8. The Bertz CT molecular complexity index is 785. The summed E-state index contributed by atoms with van der Waals surface area (Å²) in [5, 5.41) is 70.1. The molecule has 0 aromatic heterocycles. The lowest BCUT2D eigenvalue weighted by Gasteiger charge is -2.46. The molecule has 206 valence electrons. The van der Waals surface area contributed by atoms with Crippen LogP contribution in [0.4, 0.5) is 0 Å². The lowest BCUT2D eigenvalue weighted by Crippen LogP contribution is -2.64. The second-order valence-corrected chi connectivity index (χ2v) is 8.27. The van der Waals surface area contributed by atoms with Crippen LogP contribution in [0.1, 0.15) is 0 Å². The number of aliphatic hydroxyl groups is 7. The minimum atomic E-state index is -1.76. The SMILES string of the molecule is COc1cc(OC)cc(OCCO[C@H]2[C@H](O)[C@@H](O)[C@@H](O[C@H]3[C@H](O)[C@@H](O)C(O)O[C@@H]3CO)O[C@@H]2CO)c1. The number of benzene rings is 1. The third-order valence-electron chi connectivity index (χ3n) is 5.94. The number of hydrogen-bond donors (Lipinski definition) is 7. The Hall–Kier alpha value is -1.82. The topological polar surface area (TPSA) is 206 Å². The highest BCUT2D eigenvalue weighted by Crippen LogP contribution is 2.30. The van der Waals surface area contributed by atoms with Gasteiger partial charge in [-0.05, 0) is 0 Å². The standard InChI is InChI=1S/C22H34O14/c1-30-10-5-11(31-2)7-12(6-10)32-3-4-33-19-13(8-23)35-22(18(28)16(19)26)36-20-14(9-24)34-21(29)17(27)15(20)25/h5-7,13-29H,3-4,8-9H2,1-2H3/t13-,14-,15-,16-,17-,18-,19-,20-,21?,22-/m1/s1. The predicted octanol–water partition coefficient (Wildman–Crippen LogP) is -3.28. The maximum absolute atomic E-state index is 10.6. The third kappa shape index (κ3) is 6.54. The minimum absolute atomic E-state index is 0.0394. The van der Waals surface area contributed by atoms with Crippen molar-refractivity contribution >= 4 is 0 Å². The molecule has 2 heterocycles. The maximum atomic E-state index is 10.6. The normalized spacial score (nSPS) is 36.9. The molecule has 14 nitrogen and oxygen atoms in total. The molecule has 0 spiro atoms. The average molecular weight is 523 g/mol. The van der Waals surface area contributed by atoms with Crippen molar-refractivity contribution in [3.8, 4) is 17.2 Å². The molecule has 2 aliphatic heterocycles. The molecule has 3 rings (SSSR count). The fraction of sp³-hybridized carbons (Fsp3) is 0.727. The summed E-state index contributed by atoms with van der Waals surface area (Å²) < 4.78 is 37.6. The van der Waals surface area contributed by atoms with Crippen LogP contribution in [-0.2, 0) is 18.9 Å². The van der Waals surface area contributed by atoms with Crippen molar-refractivity contribution in [3.63, 3.8) is 0 Å². The molecule has 0 amide bonds. The van der Waals surface area contributed by atoms with E-state index in [0.717, 1.165) is 0 Å². The first-order valence-corrected chi connectivity index (χ1v) is 11.3. The molecular formula is C22H34O14. The fourth-order valence-corrected chi connectivity index (χ4v) is 3.97. The van der Waals surface area contributed by atoms with Crippen molar-refractivity contribution < 1.29 is 68.9 Å². The largest absolute Gasteiger partial charge is 0.496 e. The van der Waals surface area contributed by atoms with Gasteiger partial charge in [-0.15, -0.1) is 0 Å². The number of methoxy groups -OCH3 is 2. The minimum Gasteiger partial charge on any atom is -0.496 e. The van der Waals surface area contributed by atoms with Gasteiger partial charge in [-0.2, -0.15) is 0 Å². The van der Waals surface area contributed by atoms with Crippen LogP contribution >= 0.6 is 0 Å². The van der Waals surface area contributed by atoms with Gasteiger partial charge >= 0.3 is 0 Å². The van der Waals surface area contributed by atoms with Crippen LogP contribution in [0.5, 0.6) is 17.2 Å². The monoisotopic (exact) mass is 522 g/mol. The van der Waals surface area contributed by atoms with Crippen LogP contribution < -0.4 is 14.2 Å². The van der Waals surface area contributed by atoms with Gasteiger partial charge in [-0.25, -0.2) is 0 Å². The quantitative estimate of drug-likeness (QED) is 0.142. The predicted molar refractivity (Wildman–Crippen MR) is 117 cm³/mol. The molecular weight excluding hydrogens is 488 g/mol. The summed E-state index contributed by atoms with van der Waals surface area (Å²) in [5.41, 5.74) is 0. The van der Waals surface area contributed by atoms with Crippen molar-refractivity contribution in [3.05, 3.63) is 18.2 Å². The first-order chi connectivity index (χ1) is 17.2. The van der Waals surface area contributed by atoms with Gasteiger partial charge in [0.25, 0.3) is 0 Å². The molecule has 2 aliphatic rings. The molecule has 10 atom stereocenters. The second kappa shape index (κ2) is 13.1. The van der Waals surface area contributed by atoms with Gasteiger partial charge < -0.3 is 68.9 Å². The van der Waals surface area contributed by atoms with E-state index in [1.54, 1.807) is 18.2 Å². The van der Waals surface area contributed by atoms with Crippen LogP contribution in [0.3, 0.4) is 0 Å². The maximum Gasteiger partial charge on any atom is 0.187 e. The summed E-state index contributed by atoms with van der Waals surface area (Å²) in [4.78, 5) is 0. The summed E-state index contributed by atoms with van der Waals surface area (Å²) in [6.07, 6.45) is -15.1. The van der Waals surface area contributed by atoms with Crippen LogP contribution in [-0.4, -0.2) is 138 Å². The van der Waals surface area contributed by atoms with E-state index in [1.807, 2.05) is 0 Å². The van der Waals surface area contributed by atoms with Gasteiger partial charge in [-0.1, -0.05) is 0 Å². The van der Waals surface area contributed by atoms with Gasteiger partial charge in [-0.3, -0.25) is 0 Å². The van der Waals surface area contributed by atoms with Gasteiger partial charge in [0.15, 0.2) is 12.6 Å². The van der Waals surface area contributed by atoms with Crippen molar-refractivity contribution in [2.75, 3.05) is 40.6 Å². The lowest BCUT2D eigenvalue weighted by molar-refractivity contribution is -0.357. The van der Waals surface area contributed by atoms with Crippen LogP contribution in [0.25, 0.3) is 0 Å². The second-order valence-electron chi connectivity index (χ2n) is 8.27. The number of ether oxygens (including phenoxy) is 7. The van der Waals surface area contributed by atoms with Gasteiger partial charge in [0, 0.05) is 18.2 Å². The Morgan fingerprint density at radius 2 is 1.25 bits per heavy atom. The number of rotatable bonds is 11. The molecule has 0 saturated carbocycles. The van der Waals surface area contributed by atoms with Crippen molar-refractivity contribution in [1.82, 2.24) is 0 Å². The fourth-order valence-electron chi connectivity index (χ4n) is 3.97. The summed E-state index contributed by atoms with van der Waals surface area (Å²) >= 11 is 0. The van der Waals surface area contributed by atoms with Crippen LogP contribution in [0.2, 0.25) is 0 Å². The van der Waals surface area contributed by atoms with Crippen molar-refractivity contribution in [2.24, 2.45) is 0 Å². The molecule has 1 aromatic carbocycles. The highest BCUT2D eigenvalue weighted by Gasteiger charge is 2.50. The van der Waals surface area contributed by atoms with E-state index in [2.05, 4.69) is 0 Å². The molecule has 7 N–H and O–H groups in total. The molecule has 0 bridgehead atoms. The Kier molecular flexibility index (Phi) is 10.5. The van der Waals surface area contributed by atoms with Crippen molar-refractivity contribution in [2.45, 2.75) is 61.4 Å². The molecule has 0 radical (unpaired) electrons. The zero-order chi connectivity index (χ0) is 26.4. The van der Waals surface area contributed by atoms with Gasteiger partial charge in [0.05, 0.1) is 34.0 Å². The van der Waals surface area contributed by atoms with Gasteiger partial charge in [0.1, 0.15) is 72.7 Å². The molecule has 0 aliphatic carbocycles. The number of aliphatic hydroxyl groups excluding tert-OH is 7. The summed E-state index contributed by atoms with van der Waals surface area (Å²) in [7, 11) is 3.00. The van der Waals surface area contributed by atoms with Crippen LogP contribution in [0, 0.1) is 0 Å². The number of hydrogen-bond acceptors (Lipinski definition) is 14. The first kappa shape index (κ1) is 28.7. The van der Waals surface area contributed by atoms with E-state index in [9.17, 15) is 35.7 Å². The Balaban J connectivity index is 1.58. The third-order valence-corrected chi connectivity index (χ3v) is 5.94.